The highest BCUT2D eigenvalue weighted by Crippen LogP contribution is 2.33. The summed E-state index contributed by atoms with van der Waals surface area (Å²) in [5.41, 5.74) is 0.324. The van der Waals surface area contributed by atoms with Gasteiger partial charge in [-0.1, -0.05) is 50.5 Å². The highest BCUT2D eigenvalue weighted by atomic mass is 32.1. The number of aromatic nitrogens is 3. The van der Waals surface area contributed by atoms with Crippen LogP contribution in [-0.4, -0.2) is 39.1 Å². The van der Waals surface area contributed by atoms with Gasteiger partial charge >= 0.3 is 0 Å². The van der Waals surface area contributed by atoms with Gasteiger partial charge in [0.05, 0.1) is 5.92 Å². The van der Waals surface area contributed by atoms with Crippen LogP contribution in [0.15, 0.2) is 40.9 Å². The number of benzene rings is 1. The Morgan fingerprint density at radius 3 is 2.91 bits per heavy atom. The lowest BCUT2D eigenvalue weighted by Gasteiger charge is -2.23. The smallest absolute Gasteiger partial charge is 0.284 e. The first-order valence-electron chi connectivity index (χ1n) is 11.1. The maximum absolute atomic E-state index is 13.2. The van der Waals surface area contributed by atoms with Gasteiger partial charge in [-0.15, -0.1) is 5.10 Å². The van der Waals surface area contributed by atoms with Gasteiger partial charge in [0.1, 0.15) is 11.7 Å². The molecule has 9 heteroatoms. The normalized spacial score (nSPS) is 19.0. The van der Waals surface area contributed by atoms with Gasteiger partial charge in [0, 0.05) is 17.6 Å². The number of nitrogens with zero attached hydrogens (tertiary/aromatic N) is 2. The quantitative estimate of drug-likeness (QED) is 0.444. The molecule has 1 aliphatic rings. The zero-order valence-corrected chi connectivity index (χ0v) is 18.8. The van der Waals surface area contributed by atoms with Crippen molar-refractivity contribution in [2.75, 3.05) is 0 Å². The van der Waals surface area contributed by atoms with Gasteiger partial charge in [-0.3, -0.25) is 14.6 Å². The molecule has 3 atom stereocenters. The van der Waals surface area contributed by atoms with E-state index in [1.165, 1.54) is 0 Å². The molecule has 0 aliphatic heterocycles. The van der Waals surface area contributed by atoms with Crippen LogP contribution in [0.1, 0.15) is 67.7 Å². The molecule has 32 heavy (non-hydrogen) atoms. The number of fused-ring (bicyclic) bond motifs is 1. The third-order valence-corrected chi connectivity index (χ3v) is 6.15. The third kappa shape index (κ3) is 4.88. The van der Waals surface area contributed by atoms with E-state index in [1.807, 2.05) is 30.3 Å². The monoisotopic (exact) mass is 453 g/mol. The minimum atomic E-state index is -0.643. The molecule has 4 rings (SSSR count). The van der Waals surface area contributed by atoms with Crippen molar-refractivity contribution in [2.24, 2.45) is 0 Å². The Hall–Kier alpha value is -3.07. The number of aromatic amines is 1. The average Bonchev–Trinajstić information content (AvgIpc) is 3.44. The van der Waals surface area contributed by atoms with Crippen LogP contribution in [0.5, 0.6) is 0 Å². The zero-order chi connectivity index (χ0) is 22.5. The van der Waals surface area contributed by atoms with Crippen LogP contribution in [0.4, 0.5) is 0 Å². The summed E-state index contributed by atoms with van der Waals surface area (Å²) < 4.78 is 5.49. The van der Waals surface area contributed by atoms with Gasteiger partial charge in [-0.2, -0.15) is 0 Å². The van der Waals surface area contributed by atoms with Crippen LogP contribution < -0.4 is 10.6 Å². The van der Waals surface area contributed by atoms with Crippen molar-refractivity contribution in [3.05, 3.63) is 53.0 Å². The number of unbranched alkanes of at least 4 members (excludes halogenated alkanes) is 1. The Labute approximate surface area is 191 Å². The van der Waals surface area contributed by atoms with E-state index >= 15 is 0 Å². The number of hydrogen-bond donors (Lipinski definition) is 3. The van der Waals surface area contributed by atoms with Gasteiger partial charge in [-0.05, 0) is 42.9 Å². The Bertz CT molecular complexity index is 1150. The lowest BCUT2D eigenvalue weighted by atomic mass is 10.0. The van der Waals surface area contributed by atoms with Gasteiger partial charge in [-0.25, -0.2) is 5.10 Å². The summed E-state index contributed by atoms with van der Waals surface area (Å²) in [6, 6.07) is 8.70. The largest absolute Gasteiger partial charge is 0.414 e. The van der Waals surface area contributed by atoms with Crippen LogP contribution >= 0.6 is 12.2 Å². The molecule has 2 aromatic heterocycles. The fraction of sp³-hybridized carbons (Fsp3) is 0.435. The summed E-state index contributed by atoms with van der Waals surface area (Å²) in [5, 5.41) is 14.5. The van der Waals surface area contributed by atoms with Crippen LogP contribution in [0, 0.1) is 4.84 Å². The lowest BCUT2D eigenvalue weighted by molar-refractivity contribution is -0.124. The maximum Gasteiger partial charge on any atom is 0.284 e. The first-order chi connectivity index (χ1) is 15.6. The van der Waals surface area contributed by atoms with Crippen LogP contribution in [0.25, 0.3) is 10.8 Å². The van der Waals surface area contributed by atoms with Crippen LogP contribution in [-0.2, 0) is 4.79 Å². The first-order valence-corrected chi connectivity index (χ1v) is 11.5. The predicted molar refractivity (Wildman–Crippen MR) is 123 cm³/mol. The molecule has 0 saturated heterocycles. The van der Waals surface area contributed by atoms with Crippen molar-refractivity contribution < 1.29 is 14.0 Å². The molecule has 1 saturated carbocycles. The number of carbonyl (C=O) groups is 2. The van der Waals surface area contributed by atoms with Crippen LogP contribution in [0.3, 0.4) is 0 Å². The molecule has 1 fully saturated rings. The van der Waals surface area contributed by atoms with E-state index in [0.29, 0.717) is 18.0 Å². The molecule has 168 valence electrons. The SMILES string of the molecule is CCCC[C@H](NC(=O)c1nccc2ccccc12)C(=O)N[C@H]1CCC[C@H]1c1n[nH]c(=S)o1. The number of pyridine rings is 1. The molecule has 1 aromatic carbocycles. The molecule has 3 aromatic rings. The fourth-order valence-electron chi connectivity index (χ4n) is 4.32. The molecule has 2 amide bonds. The summed E-state index contributed by atoms with van der Waals surface area (Å²) in [5.74, 6) is -0.0572. The Morgan fingerprint density at radius 2 is 2.12 bits per heavy atom. The Morgan fingerprint density at radius 1 is 1.28 bits per heavy atom. The zero-order valence-electron chi connectivity index (χ0n) is 18.0. The molecule has 2 heterocycles. The van der Waals surface area contributed by atoms with Gasteiger partial charge in [0.25, 0.3) is 10.7 Å². The molecular weight excluding hydrogens is 426 g/mol. The second-order valence-corrected chi connectivity index (χ2v) is 8.52. The number of amides is 2. The molecular formula is C23H27N5O3S. The Balaban J connectivity index is 1.49. The Kier molecular flexibility index (Phi) is 6.94. The van der Waals surface area contributed by atoms with Crippen LogP contribution in [0.2, 0.25) is 0 Å². The first kappa shape index (κ1) is 22.1. The number of H-pyrrole nitrogens is 1. The van der Waals surface area contributed by atoms with Crippen molar-refractivity contribution in [3.8, 4) is 0 Å². The highest BCUT2D eigenvalue weighted by molar-refractivity contribution is 7.71. The fourth-order valence-corrected chi connectivity index (χ4v) is 4.45. The second-order valence-electron chi connectivity index (χ2n) is 8.15. The molecule has 0 radical (unpaired) electrons. The third-order valence-electron chi connectivity index (χ3n) is 5.97. The van der Waals surface area contributed by atoms with Gasteiger partial charge in [0.15, 0.2) is 0 Å². The van der Waals surface area contributed by atoms with Crippen molar-refractivity contribution in [1.29, 1.82) is 0 Å². The minimum absolute atomic E-state index is 0.0332. The summed E-state index contributed by atoms with van der Waals surface area (Å²) in [6.45, 7) is 2.06. The maximum atomic E-state index is 13.2. The number of nitrogens with one attached hydrogen (secondary N) is 3. The summed E-state index contributed by atoms with van der Waals surface area (Å²) in [6.07, 6.45) is 6.55. The van der Waals surface area contributed by atoms with Crippen molar-refractivity contribution in [2.45, 2.75) is 63.5 Å². The van der Waals surface area contributed by atoms with Crippen molar-refractivity contribution in [3.63, 3.8) is 0 Å². The van der Waals surface area contributed by atoms with E-state index in [2.05, 4.69) is 32.7 Å². The van der Waals surface area contributed by atoms with Gasteiger partial charge < -0.3 is 15.1 Å². The van der Waals surface area contributed by atoms with E-state index in [0.717, 1.165) is 42.9 Å². The number of rotatable bonds is 8. The van der Waals surface area contributed by atoms with E-state index in [4.69, 9.17) is 16.6 Å². The highest BCUT2D eigenvalue weighted by Gasteiger charge is 2.35. The molecule has 0 spiro atoms. The van der Waals surface area contributed by atoms with E-state index in [1.54, 1.807) is 6.20 Å². The van der Waals surface area contributed by atoms with E-state index < -0.39 is 6.04 Å². The minimum Gasteiger partial charge on any atom is -0.414 e. The average molecular weight is 454 g/mol. The molecule has 0 unspecified atom stereocenters. The number of hydrogen-bond acceptors (Lipinski definition) is 6. The van der Waals surface area contributed by atoms with E-state index in [9.17, 15) is 9.59 Å². The standard InChI is InChI=1S/C23H27N5O3S/c1-2-3-10-18(26-21(30)19-15-8-5-4-7-14(15)12-13-24-19)20(29)25-17-11-6-9-16(17)22-27-28-23(32)31-22/h4-5,7-8,12-13,16-18H,2-3,6,9-11H2,1H3,(H,25,29)(H,26,30)(H,28,32)/t16-,17+,18+/m1/s1. The summed E-state index contributed by atoms with van der Waals surface area (Å²) in [4.78, 5) is 30.8. The summed E-state index contributed by atoms with van der Waals surface area (Å²) in [7, 11) is 0. The molecule has 8 nitrogen and oxygen atoms in total. The molecule has 3 N–H and O–H groups in total. The van der Waals surface area contributed by atoms with E-state index in [-0.39, 0.29) is 28.6 Å². The number of carbonyl (C=O) groups excluding carboxylic acids is 2. The second kappa shape index (κ2) is 10.0. The summed E-state index contributed by atoms with van der Waals surface area (Å²) >= 11 is 4.99. The topological polar surface area (TPSA) is 113 Å². The van der Waals surface area contributed by atoms with Gasteiger partial charge in [0.2, 0.25) is 11.8 Å². The molecule has 1 aliphatic carbocycles. The lowest BCUT2D eigenvalue weighted by Crippen LogP contribution is -2.50. The van der Waals surface area contributed by atoms with Crippen molar-refractivity contribution in [1.82, 2.24) is 25.8 Å². The van der Waals surface area contributed by atoms with Crippen molar-refractivity contribution >= 4 is 34.8 Å². The molecule has 0 bridgehead atoms. The predicted octanol–water partition coefficient (Wildman–Crippen LogP) is 4.02.